The fourth-order valence-electron chi connectivity index (χ4n) is 3.21. The number of phenolic OH excluding ortho intramolecular Hbond substituents is 1. The Labute approximate surface area is 135 Å². The molecule has 0 atom stereocenters. The summed E-state index contributed by atoms with van der Waals surface area (Å²) in [5.41, 5.74) is 3.15. The van der Waals surface area contributed by atoms with Crippen molar-refractivity contribution < 1.29 is 5.11 Å². The first kappa shape index (κ1) is 14.1. The average Bonchev–Trinajstić information content (AvgIpc) is 2.99. The van der Waals surface area contributed by atoms with Crippen LogP contribution in [0.1, 0.15) is 5.69 Å². The van der Waals surface area contributed by atoms with E-state index in [4.69, 9.17) is 0 Å². The number of nitrogens with zero attached hydrogens (tertiary/aromatic N) is 4. The van der Waals surface area contributed by atoms with Crippen LogP contribution in [0.4, 0.5) is 5.69 Å². The number of hydrogen-bond acceptors (Lipinski definition) is 4. The molecule has 1 aliphatic rings. The molecule has 0 unspecified atom stereocenters. The number of hydrogen-bond donors (Lipinski definition) is 1. The lowest BCUT2D eigenvalue weighted by atomic mass is 10.2. The molecule has 1 saturated heterocycles. The van der Waals surface area contributed by atoms with E-state index in [0.717, 1.165) is 44.1 Å². The van der Waals surface area contributed by atoms with Gasteiger partial charge in [0.2, 0.25) is 0 Å². The Morgan fingerprint density at radius 2 is 1.74 bits per heavy atom. The van der Waals surface area contributed by atoms with E-state index in [1.54, 1.807) is 6.07 Å². The van der Waals surface area contributed by atoms with Crippen molar-refractivity contribution in [2.45, 2.75) is 6.54 Å². The van der Waals surface area contributed by atoms with Gasteiger partial charge in [0, 0.05) is 38.9 Å². The van der Waals surface area contributed by atoms with Crippen LogP contribution in [0.25, 0.3) is 5.65 Å². The second-order valence-electron chi connectivity index (χ2n) is 5.93. The molecule has 0 radical (unpaired) electrons. The molecule has 1 aliphatic heterocycles. The molecule has 0 saturated carbocycles. The van der Waals surface area contributed by atoms with Crippen molar-refractivity contribution >= 4 is 11.3 Å². The van der Waals surface area contributed by atoms with Crippen molar-refractivity contribution in [3.05, 3.63) is 60.6 Å². The number of benzene rings is 1. The maximum Gasteiger partial charge on any atom is 0.138 e. The summed E-state index contributed by atoms with van der Waals surface area (Å²) in [6.07, 6.45) is 4.03. The number of pyridine rings is 1. The smallest absolute Gasteiger partial charge is 0.138 e. The highest BCUT2D eigenvalue weighted by Crippen LogP contribution is 2.27. The maximum absolute atomic E-state index is 9.99. The predicted molar refractivity (Wildman–Crippen MR) is 90.8 cm³/mol. The van der Waals surface area contributed by atoms with E-state index in [9.17, 15) is 5.11 Å². The van der Waals surface area contributed by atoms with Gasteiger partial charge < -0.3 is 14.4 Å². The van der Waals surface area contributed by atoms with Crippen molar-refractivity contribution in [1.82, 2.24) is 14.3 Å². The molecule has 2 aromatic heterocycles. The lowest BCUT2D eigenvalue weighted by Crippen LogP contribution is -2.46. The Bertz CT molecular complexity index is 805. The normalized spacial score (nSPS) is 16.1. The molecular weight excluding hydrogens is 288 g/mol. The second kappa shape index (κ2) is 5.93. The van der Waals surface area contributed by atoms with Crippen LogP contribution in [0.15, 0.2) is 54.9 Å². The van der Waals surface area contributed by atoms with Gasteiger partial charge in [0.1, 0.15) is 11.4 Å². The third kappa shape index (κ3) is 2.75. The highest BCUT2D eigenvalue weighted by Gasteiger charge is 2.19. The van der Waals surface area contributed by atoms with E-state index in [1.165, 1.54) is 5.69 Å². The molecule has 4 rings (SSSR count). The lowest BCUT2D eigenvalue weighted by Gasteiger charge is -2.36. The van der Waals surface area contributed by atoms with Crippen molar-refractivity contribution in [2.24, 2.45) is 0 Å². The van der Waals surface area contributed by atoms with Gasteiger partial charge in [-0.3, -0.25) is 4.90 Å². The van der Waals surface area contributed by atoms with Gasteiger partial charge in [0.05, 0.1) is 17.6 Å². The molecule has 1 aromatic carbocycles. The number of aromatic hydroxyl groups is 1. The quantitative estimate of drug-likeness (QED) is 0.807. The molecule has 5 heteroatoms. The van der Waals surface area contributed by atoms with Crippen LogP contribution in [0, 0.1) is 0 Å². The summed E-state index contributed by atoms with van der Waals surface area (Å²) >= 11 is 0. The molecule has 5 nitrogen and oxygen atoms in total. The van der Waals surface area contributed by atoms with Crippen molar-refractivity contribution in [2.75, 3.05) is 31.1 Å². The number of aromatic nitrogens is 2. The average molecular weight is 308 g/mol. The topological polar surface area (TPSA) is 44.0 Å². The number of piperazine rings is 1. The number of para-hydroxylation sites is 2. The summed E-state index contributed by atoms with van der Waals surface area (Å²) in [5.74, 6) is 0.364. The van der Waals surface area contributed by atoms with Crippen LogP contribution in [-0.4, -0.2) is 45.6 Å². The standard InChI is InChI=1S/C18H20N4O/c23-17-6-2-1-5-16(17)21-11-9-20(10-12-21)14-15-13-19-18-7-3-4-8-22(15)18/h1-8,13,23H,9-12,14H2. The second-order valence-corrected chi connectivity index (χ2v) is 5.93. The number of imidazole rings is 1. The zero-order valence-electron chi connectivity index (χ0n) is 13.0. The van der Waals surface area contributed by atoms with Crippen LogP contribution in [0.3, 0.4) is 0 Å². The minimum atomic E-state index is 0.364. The van der Waals surface area contributed by atoms with E-state index in [1.807, 2.05) is 42.6 Å². The van der Waals surface area contributed by atoms with Gasteiger partial charge in [-0.1, -0.05) is 18.2 Å². The van der Waals surface area contributed by atoms with Gasteiger partial charge in [0.15, 0.2) is 0 Å². The van der Waals surface area contributed by atoms with Gasteiger partial charge in [-0.2, -0.15) is 0 Å². The summed E-state index contributed by atoms with van der Waals surface area (Å²) in [4.78, 5) is 9.14. The molecule has 0 aliphatic carbocycles. The molecule has 0 spiro atoms. The number of anilines is 1. The Hall–Kier alpha value is -2.53. The van der Waals surface area contributed by atoms with Crippen LogP contribution in [0.2, 0.25) is 0 Å². The SMILES string of the molecule is Oc1ccccc1N1CCN(Cc2cnc3ccccn23)CC1. The molecule has 0 amide bonds. The molecule has 118 valence electrons. The van der Waals surface area contributed by atoms with Gasteiger partial charge in [-0.15, -0.1) is 0 Å². The maximum atomic E-state index is 9.99. The summed E-state index contributed by atoms with van der Waals surface area (Å²) in [7, 11) is 0. The number of rotatable bonds is 3. The molecule has 23 heavy (non-hydrogen) atoms. The zero-order chi connectivity index (χ0) is 15.6. The number of fused-ring (bicyclic) bond motifs is 1. The first-order chi connectivity index (χ1) is 11.3. The minimum absolute atomic E-state index is 0.364. The Kier molecular flexibility index (Phi) is 3.63. The predicted octanol–water partition coefficient (Wildman–Crippen LogP) is 2.36. The fourth-order valence-corrected chi connectivity index (χ4v) is 3.21. The van der Waals surface area contributed by atoms with Crippen LogP contribution in [-0.2, 0) is 6.54 Å². The Morgan fingerprint density at radius 3 is 2.57 bits per heavy atom. The zero-order valence-corrected chi connectivity index (χ0v) is 13.0. The minimum Gasteiger partial charge on any atom is -0.506 e. The van der Waals surface area contributed by atoms with Gasteiger partial charge in [-0.25, -0.2) is 4.98 Å². The molecule has 1 fully saturated rings. The number of phenols is 1. The van der Waals surface area contributed by atoms with Crippen molar-refractivity contribution in [1.29, 1.82) is 0 Å². The van der Waals surface area contributed by atoms with Gasteiger partial charge >= 0.3 is 0 Å². The van der Waals surface area contributed by atoms with E-state index >= 15 is 0 Å². The highest BCUT2D eigenvalue weighted by molar-refractivity contribution is 5.57. The van der Waals surface area contributed by atoms with Gasteiger partial charge in [-0.05, 0) is 24.3 Å². The molecular formula is C18H20N4O. The van der Waals surface area contributed by atoms with E-state index in [2.05, 4.69) is 25.4 Å². The van der Waals surface area contributed by atoms with Crippen LogP contribution < -0.4 is 4.90 Å². The summed E-state index contributed by atoms with van der Waals surface area (Å²) in [5, 5.41) is 9.99. The first-order valence-electron chi connectivity index (χ1n) is 7.97. The molecule has 3 aromatic rings. The lowest BCUT2D eigenvalue weighted by molar-refractivity contribution is 0.246. The van der Waals surface area contributed by atoms with Crippen LogP contribution >= 0.6 is 0 Å². The first-order valence-corrected chi connectivity index (χ1v) is 7.97. The summed E-state index contributed by atoms with van der Waals surface area (Å²) in [6, 6.07) is 13.6. The highest BCUT2D eigenvalue weighted by atomic mass is 16.3. The summed E-state index contributed by atoms with van der Waals surface area (Å²) in [6.45, 7) is 4.71. The molecule has 1 N–H and O–H groups in total. The fraction of sp³-hybridized carbons (Fsp3) is 0.278. The van der Waals surface area contributed by atoms with E-state index in [0.29, 0.717) is 5.75 Å². The largest absolute Gasteiger partial charge is 0.506 e. The third-order valence-electron chi connectivity index (χ3n) is 4.47. The van der Waals surface area contributed by atoms with Crippen molar-refractivity contribution in [3.8, 4) is 5.75 Å². The molecule has 0 bridgehead atoms. The Morgan fingerprint density at radius 1 is 0.957 bits per heavy atom. The van der Waals surface area contributed by atoms with E-state index in [-0.39, 0.29) is 0 Å². The summed E-state index contributed by atoms with van der Waals surface area (Å²) < 4.78 is 2.15. The third-order valence-corrected chi connectivity index (χ3v) is 4.47. The monoisotopic (exact) mass is 308 g/mol. The van der Waals surface area contributed by atoms with Crippen molar-refractivity contribution in [3.63, 3.8) is 0 Å². The van der Waals surface area contributed by atoms with E-state index < -0.39 is 0 Å². The van der Waals surface area contributed by atoms with Crippen LogP contribution in [0.5, 0.6) is 5.75 Å². The van der Waals surface area contributed by atoms with Gasteiger partial charge in [0.25, 0.3) is 0 Å². The molecule has 3 heterocycles. The Balaban J connectivity index is 1.43.